The summed E-state index contributed by atoms with van der Waals surface area (Å²) in [6.07, 6.45) is 6.51. The number of para-hydroxylation sites is 1. The second kappa shape index (κ2) is 9.48. The highest BCUT2D eigenvalue weighted by atomic mass is 79.9. The molecule has 0 spiro atoms. The highest BCUT2D eigenvalue weighted by Gasteiger charge is 2.18. The second-order valence-electron chi connectivity index (χ2n) is 7.58. The molecule has 0 aliphatic carbocycles. The van der Waals surface area contributed by atoms with Gasteiger partial charge >= 0.3 is 5.69 Å². The van der Waals surface area contributed by atoms with Crippen molar-refractivity contribution in [3.8, 4) is 29.7 Å². The first-order valence-electron chi connectivity index (χ1n) is 10.5. The van der Waals surface area contributed by atoms with Gasteiger partial charge in [0.05, 0.1) is 22.0 Å². The van der Waals surface area contributed by atoms with E-state index in [0.717, 1.165) is 14.5 Å². The van der Waals surface area contributed by atoms with Crippen LogP contribution in [0.2, 0.25) is 0 Å². The van der Waals surface area contributed by atoms with Gasteiger partial charge in [-0.15, -0.1) is 6.42 Å². The molecule has 5 aromatic rings. The number of ether oxygens (including phenoxy) is 1. The summed E-state index contributed by atoms with van der Waals surface area (Å²) in [6, 6.07) is 18.5. The summed E-state index contributed by atoms with van der Waals surface area (Å²) in [5.41, 5.74) is 0.771. The number of benzene rings is 3. The average Bonchev–Trinajstić information content (AvgIpc) is 3.30. The van der Waals surface area contributed by atoms with E-state index in [4.69, 9.17) is 15.6 Å². The summed E-state index contributed by atoms with van der Waals surface area (Å²) in [5, 5.41) is 17.0. The minimum Gasteiger partial charge on any atom is -0.474 e. The maximum Gasteiger partial charge on any atom is 0.311 e. The fourth-order valence-electron chi connectivity index (χ4n) is 3.64. The largest absolute Gasteiger partial charge is 0.474 e. The van der Waals surface area contributed by atoms with Crippen molar-refractivity contribution in [1.29, 1.82) is 0 Å². The Hall–Kier alpha value is -4.75. The molecule has 0 aliphatic heterocycles. The van der Waals surface area contributed by atoms with Gasteiger partial charge in [-0.25, -0.2) is 4.98 Å². The van der Waals surface area contributed by atoms with Gasteiger partial charge in [0, 0.05) is 21.5 Å². The van der Waals surface area contributed by atoms with E-state index in [1.54, 1.807) is 42.5 Å². The molecule has 0 aliphatic rings. The molecule has 9 nitrogen and oxygen atoms in total. The SMILES string of the molecule is C#CCOc1ccc(C=Nn2c(-c3cc4cc(Br)ccc4o3)nc3ccccc3c2=O)cc1[N+](=O)[O-]. The van der Waals surface area contributed by atoms with Crippen LogP contribution in [-0.4, -0.2) is 27.4 Å². The van der Waals surface area contributed by atoms with Crippen molar-refractivity contribution in [1.82, 2.24) is 9.66 Å². The number of rotatable bonds is 6. The van der Waals surface area contributed by atoms with Gasteiger partial charge in [-0.1, -0.05) is 34.0 Å². The molecule has 0 N–H and O–H groups in total. The third-order valence-corrected chi connectivity index (χ3v) is 5.76. The van der Waals surface area contributed by atoms with Gasteiger partial charge in [0.2, 0.25) is 5.82 Å². The van der Waals surface area contributed by atoms with Crippen LogP contribution < -0.4 is 10.3 Å². The van der Waals surface area contributed by atoms with E-state index in [1.807, 2.05) is 12.1 Å². The second-order valence-corrected chi connectivity index (χ2v) is 8.50. The predicted molar refractivity (Wildman–Crippen MR) is 139 cm³/mol. The van der Waals surface area contributed by atoms with Crippen LogP contribution in [0, 0.1) is 22.5 Å². The van der Waals surface area contributed by atoms with Gasteiger partial charge in [-0.05, 0) is 48.5 Å². The summed E-state index contributed by atoms with van der Waals surface area (Å²) in [7, 11) is 0. The van der Waals surface area contributed by atoms with Crippen molar-refractivity contribution in [2.24, 2.45) is 5.10 Å². The Morgan fingerprint density at radius 1 is 1.19 bits per heavy atom. The van der Waals surface area contributed by atoms with Crippen LogP contribution in [0.5, 0.6) is 5.75 Å². The van der Waals surface area contributed by atoms with Crippen molar-refractivity contribution in [2.75, 3.05) is 6.61 Å². The zero-order valence-electron chi connectivity index (χ0n) is 18.4. The third kappa shape index (κ3) is 4.35. The lowest BCUT2D eigenvalue weighted by Gasteiger charge is -2.07. The molecule has 176 valence electrons. The Balaban J connectivity index is 1.65. The van der Waals surface area contributed by atoms with Crippen LogP contribution in [0.15, 0.2) is 85.5 Å². The maximum atomic E-state index is 13.4. The van der Waals surface area contributed by atoms with Crippen molar-refractivity contribution in [3.63, 3.8) is 0 Å². The molecule has 0 radical (unpaired) electrons. The Kier molecular flexibility index (Phi) is 6.06. The van der Waals surface area contributed by atoms with E-state index >= 15 is 0 Å². The fourth-order valence-corrected chi connectivity index (χ4v) is 4.02. The summed E-state index contributed by atoms with van der Waals surface area (Å²) in [6.45, 7) is -0.107. The zero-order chi connectivity index (χ0) is 25.2. The van der Waals surface area contributed by atoms with Crippen LogP contribution in [0.4, 0.5) is 5.69 Å². The first-order valence-corrected chi connectivity index (χ1v) is 11.3. The first-order chi connectivity index (χ1) is 17.4. The Labute approximate surface area is 211 Å². The van der Waals surface area contributed by atoms with Gasteiger partial charge in [-0.2, -0.15) is 9.78 Å². The Morgan fingerprint density at radius 2 is 2.03 bits per heavy atom. The van der Waals surface area contributed by atoms with E-state index in [0.29, 0.717) is 27.8 Å². The quantitative estimate of drug-likeness (QED) is 0.123. The molecule has 0 bridgehead atoms. The van der Waals surface area contributed by atoms with Crippen LogP contribution >= 0.6 is 15.9 Å². The Bertz CT molecular complexity index is 1780. The minimum absolute atomic E-state index is 0.0359. The molecule has 5 rings (SSSR count). The smallest absolute Gasteiger partial charge is 0.311 e. The molecule has 36 heavy (non-hydrogen) atoms. The highest BCUT2D eigenvalue weighted by molar-refractivity contribution is 9.10. The molecular formula is C26H15BrN4O5. The normalized spacial score (nSPS) is 11.2. The number of hydrogen-bond donors (Lipinski definition) is 0. The number of terminal acetylenes is 1. The lowest BCUT2D eigenvalue weighted by atomic mass is 10.2. The van der Waals surface area contributed by atoms with E-state index in [-0.39, 0.29) is 23.9 Å². The van der Waals surface area contributed by atoms with E-state index < -0.39 is 10.5 Å². The molecule has 0 unspecified atom stereocenters. The molecular weight excluding hydrogens is 528 g/mol. The summed E-state index contributed by atoms with van der Waals surface area (Å²) < 4.78 is 13.2. The lowest BCUT2D eigenvalue weighted by Crippen LogP contribution is -2.20. The predicted octanol–water partition coefficient (Wildman–Crippen LogP) is 5.37. The van der Waals surface area contributed by atoms with Gasteiger partial charge in [0.1, 0.15) is 12.2 Å². The Morgan fingerprint density at radius 3 is 2.83 bits per heavy atom. The van der Waals surface area contributed by atoms with E-state index in [9.17, 15) is 14.9 Å². The van der Waals surface area contributed by atoms with Gasteiger partial charge in [-0.3, -0.25) is 14.9 Å². The van der Waals surface area contributed by atoms with Gasteiger partial charge in [0.25, 0.3) is 5.56 Å². The molecule has 0 saturated carbocycles. The molecule has 0 saturated heterocycles. The standard InChI is InChI=1S/C26H15BrN4O5/c1-2-11-35-23-9-7-16(12-21(23)31(33)34)15-28-30-25(29-20-6-4-3-5-19(20)26(30)32)24-14-17-13-18(27)8-10-22(17)36-24/h1,3-10,12-15H,11H2. The van der Waals surface area contributed by atoms with Crippen LogP contribution in [0.25, 0.3) is 33.5 Å². The van der Waals surface area contributed by atoms with Crippen LogP contribution in [0.1, 0.15) is 5.56 Å². The number of furan rings is 1. The van der Waals surface area contributed by atoms with Crippen LogP contribution in [0.3, 0.4) is 0 Å². The average molecular weight is 543 g/mol. The van der Waals surface area contributed by atoms with Crippen molar-refractivity contribution in [3.05, 3.63) is 97.2 Å². The van der Waals surface area contributed by atoms with Gasteiger partial charge < -0.3 is 9.15 Å². The monoisotopic (exact) mass is 542 g/mol. The fraction of sp³-hybridized carbons (Fsp3) is 0.0385. The first kappa shape index (κ1) is 23.0. The van der Waals surface area contributed by atoms with Crippen LogP contribution in [-0.2, 0) is 0 Å². The molecule has 0 atom stereocenters. The van der Waals surface area contributed by atoms with Crippen molar-refractivity contribution >= 4 is 49.7 Å². The number of hydrogen-bond acceptors (Lipinski definition) is 7. The maximum absolute atomic E-state index is 13.4. The summed E-state index contributed by atoms with van der Waals surface area (Å²) in [5.74, 6) is 2.83. The van der Waals surface area contributed by atoms with Crippen molar-refractivity contribution in [2.45, 2.75) is 0 Å². The third-order valence-electron chi connectivity index (χ3n) is 5.27. The minimum atomic E-state index is -0.578. The van der Waals surface area contributed by atoms with Gasteiger partial charge in [0.15, 0.2) is 11.5 Å². The number of nitrogens with zero attached hydrogens (tertiary/aromatic N) is 4. The zero-order valence-corrected chi connectivity index (χ0v) is 20.0. The number of halogens is 1. The molecule has 10 heteroatoms. The summed E-state index contributed by atoms with van der Waals surface area (Å²) in [4.78, 5) is 28.9. The molecule has 3 aromatic carbocycles. The number of fused-ring (bicyclic) bond motifs is 2. The topological polar surface area (TPSA) is 113 Å². The van der Waals surface area contributed by atoms with E-state index in [2.05, 4.69) is 31.9 Å². The van der Waals surface area contributed by atoms with Crippen molar-refractivity contribution < 1.29 is 14.1 Å². The summed E-state index contributed by atoms with van der Waals surface area (Å²) >= 11 is 3.44. The number of nitro groups is 1. The number of nitro benzene ring substituents is 1. The molecule has 0 fully saturated rings. The highest BCUT2D eigenvalue weighted by Crippen LogP contribution is 2.30. The number of aromatic nitrogens is 2. The molecule has 2 aromatic heterocycles. The van der Waals surface area contributed by atoms with E-state index in [1.165, 1.54) is 18.3 Å². The molecule has 2 heterocycles. The lowest BCUT2D eigenvalue weighted by molar-refractivity contribution is -0.385. The molecule has 0 amide bonds.